The molecule has 228 valence electrons. The number of hydrogen-bond acceptors (Lipinski definition) is 3. The molecule has 0 aliphatic heterocycles. The Morgan fingerprint density at radius 1 is 0.881 bits per heavy atom. The Bertz CT molecular complexity index is 1340. The molecular formula is C38H53NO3. The van der Waals surface area contributed by atoms with Crippen molar-refractivity contribution in [3.05, 3.63) is 53.6 Å². The first-order chi connectivity index (χ1) is 19.7. The van der Waals surface area contributed by atoms with Crippen LogP contribution in [-0.2, 0) is 9.53 Å². The molecule has 0 saturated heterocycles. The summed E-state index contributed by atoms with van der Waals surface area (Å²) in [5.74, 6) is 2.19. The first-order valence-corrected chi connectivity index (χ1v) is 16.5. The summed E-state index contributed by atoms with van der Waals surface area (Å²) in [5, 5.41) is 0. The normalized spacial score (nSPS) is 43.6. The van der Waals surface area contributed by atoms with Crippen LogP contribution in [0.3, 0.4) is 0 Å². The van der Waals surface area contributed by atoms with Gasteiger partial charge < -0.3 is 10.5 Å². The summed E-state index contributed by atoms with van der Waals surface area (Å²) in [6.45, 7) is 19.4. The minimum Gasteiger partial charge on any atom is -0.465 e. The van der Waals surface area contributed by atoms with E-state index in [1.807, 2.05) is 12.1 Å². The average molecular weight is 572 g/mol. The van der Waals surface area contributed by atoms with Crippen LogP contribution in [0.5, 0.6) is 0 Å². The lowest BCUT2D eigenvalue weighted by molar-refractivity contribution is -0.224. The SMILES string of the molecule is C=C(C)[C@@H]1CC[C@]2(C(N)=O)CC[C@]3(C)[C@H](CC[C@@H]4[C@@]5(C)CC=C(c6ccc(C(=O)OC)cc6)C(C)(C)[C@@H]5CC[C@]43C)[C@@H]12. The molecule has 42 heavy (non-hydrogen) atoms. The van der Waals surface area contributed by atoms with E-state index >= 15 is 0 Å². The van der Waals surface area contributed by atoms with E-state index in [0.717, 1.165) is 32.1 Å². The second-order valence-electron chi connectivity index (χ2n) is 16.3. The number of carbonyl (C=O) groups is 2. The second kappa shape index (κ2) is 9.57. The molecule has 0 unspecified atom stereocenters. The maximum Gasteiger partial charge on any atom is 0.337 e. The summed E-state index contributed by atoms with van der Waals surface area (Å²) in [5.41, 5.74) is 11.1. The van der Waals surface area contributed by atoms with Crippen molar-refractivity contribution < 1.29 is 14.3 Å². The minimum atomic E-state index is -0.341. The van der Waals surface area contributed by atoms with Crippen LogP contribution in [0.4, 0.5) is 0 Å². The maximum absolute atomic E-state index is 13.2. The van der Waals surface area contributed by atoms with Gasteiger partial charge in [0.2, 0.25) is 5.91 Å². The van der Waals surface area contributed by atoms with Crippen LogP contribution >= 0.6 is 0 Å². The van der Waals surface area contributed by atoms with Gasteiger partial charge >= 0.3 is 5.97 Å². The number of amides is 1. The molecule has 0 radical (unpaired) electrons. The monoisotopic (exact) mass is 571 g/mol. The Hall–Kier alpha value is -2.36. The van der Waals surface area contributed by atoms with Crippen LogP contribution in [0.1, 0.15) is 115 Å². The summed E-state index contributed by atoms with van der Waals surface area (Å²) in [7, 11) is 1.43. The van der Waals surface area contributed by atoms with Crippen molar-refractivity contribution >= 4 is 17.4 Å². The van der Waals surface area contributed by atoms with E-state index < -0.39 is 0 Å². The number of hydrogen-bond donors (Lipinski definition) is 1. The standard InChI is InChI=1S/C38H53NO3/c1-23(2)26-15-20-38(33(39)41)22-21-36(6)28(31(26)38)13-14-30-35(5)18-16-27(24-9-11-25(12-10-24)32(40)42-8)34(3,4)29(35)17-19-37(30,36)7/h9-12,16,26,28-31H,1,13-15,17-22H2,2-8H3,(H2,39,41)/t26-,28+,29-,30+,31+,35-,36+,37+,38-/m0/s1. The van der Waals surface area contributed by atoms with Gasteiger partial charge in [0.15, 0.2) is 0 Å². The van der Waals surface area contributed by atoms with E-state index in [-0.39, 0.29) is 39.0 Å². The molecule has 1 aromatic rings. The summed E-state index contributed by atoms with van der Waals surface area (Å²) < 4.78 is 4.93. The lowest BCUT2D eigenvalue weighted by Gasteiger charge is -2.72. The number of benzene rings is 1. The van der Waals surface area contributed by atoms with Gasteiger partial charge in [0.25, 0.3) is 0 Å². The van der Waals surface area contributed by atoms with Gasteiger partial charge in [0.05, 0.1) is 18.1 Å². The number of carbonyl (C=O) groups excluding carboxylic acids is 2. The third-order valence-electron chi connectivity index (χ3n) is 14.8. The van der Waals surface area contributed by atoms with E-state index in [1.165, 1.54) is 49.5 Å². The predicted molar refractivity (Wildman–Crippen MR) is 169 cm³/mol. The van der Waals surface area contributed by atoms with Gasteiger partial charge in [0.1, 0.15) is 0 Å². The Kier molecular flexibility index (Phi) is 6.77. The molecule has 4 heteroatoms. The maximum atomic E-state index is 13.2. The van der Waals surface area contributed by atoms with Crippen LogP contribution in [0.25, 0.3) is 5.57 Å². The van der Waals surface area contributed by atoms with Crippen LogP contribution in [0, 0.1) is 56.7 Å². The largest absolute Gasteiger partial charge is 0.465 e. The Labute approximate surface area is 253 Å². The Morgan fingerprint density at radius 2 is 1.57 bits per heavy atom. The van der Waals surface area contributed by atoms with Crippen molar-refractivity contribution in [3.63, 3.8) is 0 Å². The fraction of sp³-hybridized carbons (Fsp3) is 0.684. The van der Waals surface area contributed by atoms with Gasteiger partial charge in [0, 0.05) is 0 Å². The van der Waals surface area contributed by atoms with Crippen LogP contribution in [0.2, 0.25) is 0 Å². The molecule has 9 atom stereocenters. The molecule has 5 aliphatic carbocycles. The highest BCUT2D eigenvalue weighted by Crippen LogP contribution is 2.77. The summed E-state index contributed by atoms with van der Waals surface area (Å²) in [6, 6.07) is 8.02. The first kappa shape index (κ1) is 29.7. The summed E-state index contributed by atoms with van der Waals surface area (Å²) in [4.78, 5) is 25.2. The minimum absolute atomic E-state index is 0.0308. The number of ether oxygens (including phenoxy) is 1. The quantitative estimate of drug-likeness (QED) is 0.291. The van der Waals surface area contributed by atoms with Gasteiger partial charge in [-0.2, -0.15) is 0 Å². The number of esters is 1. The van der Waals surface area contributed by atoms with Gasteiger partial charge in [-0.1, -0.05) is 65.0 Å². The van der Waals surface area contributed by atoms with Crippen molar-refractivity contribution in [1.82, 2.24) is 0 Å². The summed E-state index contributed by atoms with van der Waals surface area (Å²) >= 11 is 0. The first-order valence-electron chi connectivity index (χ1n) is 16.5. The molecule has 4 fully saturated rings. The van der Waals surface area contributed by atoms with Gasteiger partial charge in [-0.25, -0.2) is 4.79 Å². The Balaban J connectivity index is 1.36. The molecule has 0 heterocycles. The molecule has 4 nitrogen and oxygen atoms in total. The van der Waals surface area contributed by atoms with Gasteiger partial charge in [-0.05, 0) is 139 Å². The molecule has 5 aliphatic rings. The van der Waals surface area contributed by atoms with Crippen LogP contribution in [-0.4, -0.2) is 19.0 Å². The van der Waals surface area contributed by atoms with Crippen molar-refractivity contribution in [2.24, 2.45) is 62.4 Å². The average Bonchev–Trinajstić information content (AvgIpc) is 3.34. The Morgan fingerprint density at radius 3 is 2.19 bits per heavy atom. The predicted octanol–water partition coefficient (Wildman–Crippen LogP) is 8.61. The zero-order chi connectivity index (χ0) is 30.5. The smallest absolute Gasteiger partial charge is 0.337 e. The van der Waals surface area contributed by atoms with E-state index in [0.29, 0.717) is 35.2 Å². The highest BCUT2D eigenvalue weighted by molar-refractivity contribution is 5.90. The highest BCUT2D eigenvalue weighted by atomic mass is 16.5. The lowest BCUT2D eigenvalue weighted by Crippen LogP contribution is -2.66. The van der Waals surface area contributed by atoms with Crippen LogP contribution < -0.4 is 5.73 Å². The number of allylic oxidation sites excluding steroid dienone is 3. The molecule has 0 aromatic heterocycles. The van der Waals surface area contributed by atoms with E-state index in [1.54, 1.807) is 0 Å². The van der Waals surface area contributed by atoms with Crippen molar-refractivity contribution in [2.45, 2.75) is 99.3 Å². The molecule has 6 rings (SSSR count). The van der Waals surface area contributed by atoms with Gasteiger partial charge in [-0.3, -0.25) is 4.79 Å². The number of primary amides is 1. The molecule has 0 spiro atoms. The summed E-state index contributed by atoms with van der Waals surface area (Å²) in [6.07, 6.45) is 12.6. The van der Waals surface area contributed by atoms with Crippen LogP contribution in [0.15, 0.2) is 42.5 Å². The molecule has 2 N–H and O–H groups in total. The van der Waals surface area contributed by atoms with Gasteiger partial charge in [-0.15, -0.1) is 0 Å². The van der Waals surface area contributed by atoms with E-state index in [2.05, 4.69) is 66.3 Å². The number of fused-ring (bicyclic) bond motifs is 7. The zero-order valence-electron chi connectivity index (χ0n) is 27.1. The second-order valence-corrected chi connectivity index (χ2v) is 16.3. The third-order valence-corrected chi connectivity index (χ3v) is 14.8. The third kappa shape index (κ3) is 3.71. The lowest BCUT2D eigenvalue weighted by atomic mass is 9.32. The molecule has 4 saturated carbocycles. The topological polar surface area (TPSA) is 69.4 Å². The van der Waals surface area contributed by atoms with Crippen molar-refractivity contribution in [2.75, 3.05) is 7.11 Å². The molecule has 1 amide bonds. The van der Waals surface area contributed by atoms with Crippen molar-refractivity contribution in [3.8, 4) is 0 Å². The number of methoxy groups -OCH3 is 1. The number of nitrogens with two attached hydrogens (primary N) is 1. The van der Waals surface area contributed by atoms with E-state index in [9.17, 15) is 9.59 Å². The molecule has 1 aromatic carbocycles. The zero-order valence-corrected chi connectivity index (χ0v) is 27.1. The molecular weight excluding hydrogens is 518 g/mol. The fourth-order valence-corrected chi connectivity index (χ4v) is 12.6. The number of rotatable bonds is 4. The van der Waals surface area contributed by atoms with E-state index in [4.69, 9.17) is 10.5 Å². The fourth-order valence-electron chi connectivity index (χ4n) is 12.6. The highest BCUT2D eigenvalue weighted by Gasteiger charge is 2.71. The van der Waals surface area contributed by atoms with Crippen molar-refractivity contribution in [1.29, 1.82) is 0 Å². The molecule has 0 bridgehead atoms.